The second-order valence-electron chi connectivity index (χ2n) is 5.76. The second kappa shape index (κ2) is 10.2. The van der Waals surface area contributed by atoms with Crippen LogP contribution in [0, 0.1) is 6.92 Å². The minimum Gasteiger partial charge on any atom is -0.497 e. The zero-order valence-corrected chi connectivity index (χ0v) is 16.1. The Balaban J connectivity index is 2.16. The van der Waals surface area contributed by atoms with Crippen LogP contribution in [-0.2, 0) is 20.1 Å². The molecule has 0 atom stereocenters. The third-order valence-corrected chi connectivity index (χ3v) is 3.90. The van der Waals surface area contributed by atoms with Gasteiger partial charge in [0.1, 0.15) is 17.3 Å². The molecular formula is C18H24F2N6O2. The maximum absolute atomic E-state index is 12.7. The largest absolute Gasteiger partial charge is 0.497 e. The maximum Gasteiger partial charge on any atom is 0.387 e. The highest BCUT2D eigenvalue weighted by Crippen LogP contribution is 2.26. The number of aliphatic imine (C=N–C) groups is 1. The number of nitrogens with one attached hydrogen (secondary N) is 2. The number of nitrogens with zero attached hydrogens (tertiary/aromatic N) is 4. The Morgan fingerprint density at radius 1 is 1.36 bits per heavy atom. The zero-order valence-electron chi connectivity index (χ0n) is 16.1. The standard InChI is InChI=1S/C18H24F2N6O2/c1-5-8-21-18(23-11-16-25-24-12(2)26(16)3)22-10-13-9-14(27-4)6-7-15(13)28-17(19)20/h5-7,9,17H,1,8,10-11H2,2-4H3,(H2,21,22,23). The van der Waals surface area contributed by atoms with Crippen molar-refractivity contribution in [3.8, 4) is 11.5 Å². The van der Waals surface area contributed by atoms with E-state index in [0.717, 1.165) is 11.6 Å². The van der Waals surface area contributed by atoms with Crippen molar-refractivity contribution in [1.82, 2.24) is 25.4 Å². The normalized spacial score (nSPS) is 11.4. The van der Waals surface area contributed by atoms with Crippen molar-refractivity contribution in [3.05, 3.63) is 48.1 Å². The SMILES string of the molecule is C=CCNC(=NCc1cc(OC)ccc1OC(F)F)NCc1nnc(C)n1C. The van der Waals surface area contributed by atoms with Gasteiger partial charge in [-0.25, -0.2) is 4.99 Å². The van der Waals surface area contributed by atoms with Gasteiger partial charge in [-0.15, -0.1) is 16.8 Å². The summed E-state index contributed by atoms with van der Waals surface area (Å²) >= 11 is 0. The first-order chi connectivity index (χ1) is 13.4. The van der Waals surface area contributed by atoms with Crippen molar-refractivity contribution in [2.75, 3.05) is 13.7 Å². The van der Waals surface area contributed by atoms with E-state index in [1.807, 2.05) is 18.5 Å². The molecule has 28 heavy (non-hydrogen) atoms. The average molecular weight is 394 g/mol. The average Bonchev–Trinajstić information content (AvgIpc) is 3.00. The molecule has 8 nitrogen and oxygen atoms in total. The van der Waals surface area contributed by atoms with Crippen molar-refractivity contribution in [3.63, 3.8) is 0 Å². The number of methoxy groups -OCH3 is 1. The Kier molecular flexibility index (Phi) is 7.73. The molecule has 0 unspecified atom stereocenters. The molecule has 0 spiro atoms. The Morgan fingerprint density at radius 3 is 2.75 bits per heavy atom. The lowest BCUT2D eigenvalue weighted by Crippen LogP contribution is -2.37. The minimum atomic E-state index is -2.92. The molecule has 1 aromatic heterocycles. The highest BCUT2D eigenvalue weighted by molar-refractivity contribution is 5.79. The van der Waals surface area contributed by atoms with E-state index in [0.29, 0.717) is 30.4 Å². The van der Waals surface area contributed by atoms with Gasteiger partial charge in [0.15, 0.2) is 11.8 Å². The molecule has 0 fully saturated rings. The summed E-state index contributed by atoms with van der Waals surface area (Å²) in [4.78, 5) is 4.44. The number of hydrogen-bond donors (Lipinski definition) is 2. The van der Waals surface area contributed by atoms with E-state index >= 15 is 0 Å². The fourth-order valence-corrected chi connectivity index (χ4v) is 2.29. The molecule has 0 aliphatic rings. The van der Waals surface area contributed by atoms with Crippen LogP contribution < -0.4 is 20.1 Å². The molecule has 1 heterocycles. The molecular weight excluding hydrogens is 370 g/mol. The fraction of sp³-hybridized carbons (Fsp3) is 0.389. The van der Waals surface area contributed by atoms with Gasteiger partial charge >= 0.3 is 6.61 Å². The van der Waals surface area contributed by atoms with E-state index in [-0.39, 0.29) is 12.3 Å². The van der Waals surface area contributed by atoms with Crippen molar-refractivity contribution in [2.24, 2.45) is 12.0 Å². The summed E-state index contributed by atoms with van der Waals surface area (Å²) in [5.74, 6) is 2.56. The Morgan fingerprint density at radius 2 is 2.14 bits per heavy atom. The van der Waals surface area contributed by atoms with Crippen LogP contribution in [-0.4, -0.2) is 41.0 Å². The summed E-state index contributed by atoms with van der Waals surface area (Å²) in [6.07, 6.45) is 1.68. The number of rotatable bonds is 9. The quantitative estimate of drug-likeness (QED) is 0.385. The minimum absolute atomic E-state index is 0.0477. The van der Waals surface area contributed by atoms with Crippen molar-refractivity contribution < 1.29 is 18.3 Å². The van der Waals surface area contributed by atoms with Crippen LogP contribution in [0.5, 0.6) is 11.5 Å². The second-order valence-corrected chi connectivity index (χ2v) is 5.76. The Bertz CT molecular complexity index is 822. The van der Waals surface area contributed by atoms with E-state index in [9.17, 15) is 8.78 Å². The highest BCUT2D eigenvalue weighted by Gasteiger charge is 2.12. The number of aromatic nitrogens is 3. The van der Waals surface area contributed by atoms with Crippen LogP contribution in [0.2, 0.25) is 0 Å². The lowest BCUT2D eigenvalue weighted by Gasteiger charge is -2.13. The fourth-order valence-electron chi connectivity index (χ4n) is 2.29. The van der Waals surface area contributed by atoms with E-state index < -0.39 is 6.61 Å². The van der Waals surface area contributed by atoms with Gasteiger partial charge in [-0.3, -0.25) is 0 Å². The third-order valence-electron chi connectivity index (χ3n) is 3.90. The van der Waals surface area contributed by atoms with Gasteiger partial charge in [-0.1, -0.05) is 6.08 Å². The maximum atomic E-state index is 12.7. The number of alkyl halides is 2. The lowest BCUT2D eigenvalue weighted by atomic mass is 10.2. The number of hydrogen-bond acceptors (Lipinski definition) is 5. The highest BCUT2D eigenvalue weighted by atomic mass is 19.3. The van der Waals surface area contributed by atoms with Gasteiger partial charge in [-0.05, 0) is 25.1 Å². The van der Waals surface area contributed by atoms with Crippen molar-refractivity contribution >= 4 is 5.96 Å². The molecule has 0 aliphatic carbocycles. The smallest absolute Gasteiger partial charge is 0.387 e. The van der Waals surface area contributed by atoms with Crippen LogP contribution in [0.25, 0.3) is 0 Å². The molecule has 1 aromatic carbocycles. The summed E-state index contributed by atoms with van der Waals surface area (Å²) in [5, 5.41) is 14.3. The summed E-state index contributed by atoms with van der Waals surface area (Å²) in [5.41, 5.74) is 0.467. The topological polar surface area (TPSA) is 85.6 Å². The summed E-state index contributed by atoms with van der Waals surface area (Å²) in [7, 11) is 3.36. The molecule has 0 saturated carbocycles. The predicted molar refractivity (Wildman–Crippen MR) is 102 cm³/mol. The molecule has 0 bridgehead atoms. The molecule has 0 saturated heterocycles. The Hall–Kier alpha value is -3.17. The molecule has 10 heteroatoms. The summed E-state index contributed by atoms with van der Waals surface area (Å²) < 4.78 is 36.9. The Labute approximate surface area is 162 Å². The van der Waals surface area contributed by atoms with Crippen LogP contribution >= 0.6 is 0 Å². The number of aryl methyl sites for hydroxylation is 1. The molecule has 2 aromatic rings. The van der Waals surface area contributed by atoms with Crippen LogP contribution in [0.4, 0.5) is 8.78 Å². The van der Waals surface area contributed by atoms with E-state index in [4.69, 9.17) is 4.74 Å². The molecule has 2 N–H and O–H groups in total. The predicted octanol–water partition coefficient (Wildman–Crippen LogP) is 2.15. The van der Waals surface area contributed by atoms with E-state index in [1.165, 1.54) is 13.2 Å². The molecule has 152 valence electrons. The van der Waals surface area contributed by atoms with Crippen molar-refractivity contribution in [1.29, 1.82) is 0 Å². The molecule has 0 aliphatic heterocycles. The van der Waals surface area contributed by atoms with Gasteiger partial charge in [-0.2, -0.15) is 8.78 Å². The van der Waals surface area contributed by atoms with Gasteiger partial charge in [0.2, 0.25) is 0 Å². The first-order valence-electron chi connectivity index (χ1n) is 8.54. The molecule has 2 rings (SSSR count). The first kappa shape index (κ1) is 21.1. The zero-order chi connectivity index (χ0) is 20.5. The first-order valence-corrected chi connectivity index (χ1v) is 8.54. The van der Waals surface area contributed by atoms with Gasteiger partial charge in [0.05, 0.1) is 20.2 Å². The number of benzene rings is 1. The lowest BCUT2D eigenvalue weighted by molar-refractivity contribution is -0.0504. The van der Waals surface area contributed by atoms with Crippen LogP contribution in [0.15, 0.2) is 35.8 Å². The third kappa shape index (κ3) is 5.93. The van der Waals surface area contributed by atoms with Gasteiger partial charge in [0.25, 0.3) is 0 Å². The van der Waals surface area contributed by atoms with Gasteiger partial charge < -0.3 is 24.7 Å². The summed E-state index contributed by atoms with van der Waals surface area (Å²) in [6, 6.07) is 4.59. The number of ether oxygens (including phenoxy) is 2. The molecule has 0 radical (unpaired) electrons. The van der Waals surface area contributed by atoms with Crippen molar-refractivity contribution in [2.45, 2.75) is 26.6 Å². The number of guanidine groups is 1. The van der Waals surface area contributed by atoms with E-state index in [1.54, 1.807) is 18.2 Å². The summed E-state index contributed by atoms with van der Waals surface area (Å²) in [6.45, 7) is 3.56. The van der Waals surface area contributed by atoms with Crippen LogP contribution in [0.1, 0.15) is 17.2 Å². The van der Waals surface area contributed by atoms with Crippen LogP contribution in [0.3, 0.4) is 0 Å². The number of halogens is 2. The monoisotopic (exact) mass is 394 g/mol. The van der Waals surface area contributed by atoms with Gasteiger partial charge in [0, 0.05) is 19.2 Å². The molecule has 0 amide bonds. The van der Waals surface area contributed by atoms with E-state index in [2.05, 4.69) is 37.1 Å².